The molecule has 1 amide bonds. The number of hydrogen-bond acceptors (Lipinski definition) is 4. The number of nitrogens with zero attached hydrogens (tertiary/aromatic N) is 1. The topological polar surface area (TPSA) is 85.2 Å². The minimum absolute atomic E-state index is 0.0169. The summed E-state index contributed by atoms with van der Waals surface area (Å²) < 4.78 is 43.9. The minimum Gasteiger partial charge on any atom is -0.331 e. The number of ketones is 1. The molecule has 0 bridgehead atoms. The van der Waals surface area contributed by atoms with Crippen molar-refractivity contribution in [3.8, 4) is 0 Å². The highest BCUT2D eigenvalue weighted by Gasteiger charge is 2.38. The van der Waals surface area contributed by atoms with Crippen LogP contribution in [-0.2, 0) is 27.8 Å². The molecule has 186 valence electrons. The number of hydrogen-bond donors (Lipinski definition) is 1. The zero-order valence-corrected chi connectivity index (χ0v) is 21.1. The maximum Gasteiger partial charge on any atom is 0.282 e. The lowest BCUT2D eigenvalue weighted by Crippen LogP contribution is -2.35. The predicted octanol–water partition coefficient (Wildman–Crippen LogP) is 5.09. The van der Waals surface area contributed by atoms with Crippen molar-refractivity contribution in [1.82, 2.24) is 9.29 Å². The van der Waals surface area contributed by atoms with E-state index < -0.39 is 27.0 Å². The standard InChI is InChI=1S/C27H24ClFN2O4S/c1-2-16-7-11-23-20(13-16)25(21-14-18(28)8-12-24(21)32)26(27(33)30-36(34,35)19-9-10-19)31(23)15-17-5-3-4-6-22(17)29/h3-8,11,13-14,19H,2,9-10,12,15H2,1H3,(H,30,33). The molecule has 1 saturated carbocycles. The van der Waals surface area contributed by atoms with E-state index in [-0.39, 0.29) is 30.0 Å². The second kappa shape index (κ2) is 9.33. The average Bonchev–Trinajstić information content (AvgIpc) is 3.66. The number of rotatable bonds is 7. The molecule has 6 nitrogen and oxygen atoms in total. The predicted molar refractivity (Wildman–Crippen MR) is 138 cm³/mol. The summed E-state index contributed by atoms with van der Waals surface area (Å²) in [6, 6.07) is 11.8. The normalized spacial score (nSPS) is 16.1. The van der Waals surface area contributed by atoms with Crippen molar-refractivity contribution in [2.75, 3.05) is 0 Å². The van der Waals surface area contributed by atoms with Gasteiger partial charge in [-0.25, -0.2) is 17.5 Å². The Morgan fingerprint density at radius 1 is 1.19 bits per heavy atom. The van der Waals surface area contributed by atoms with Crippen LogP contribution in [0.5, 0.6) is 0 Å². The van der Waals surface area contributed by atoms with Crippen LogP contribution >= 0.6 is 11.6 Å². The quantitative estimate of drug-likeness (QED) is 0.464. The number of aromatic nitrogens is 1. The minimum atomic E-state index is -3.88. The average molecular weight is 527 g/mol. The molecule has 2 aliphatic rings. The lowest BCUT2D eigenvalue weighted by Gasteiger charge is -2.15. The molecule has 1 N–H and O–H groups in total. The SMILES string of the molecule is CCc1ccc2c(c1)c(C1=CC(Cl)=CCC1=O)c(C(=O)NS(=O)(=O)C1CC1)n2Cc1ccccc1F. The number of fused-ring (bicyclic) bond motifs is 1. The van der Waals surface area contributed by atoms with Crippen molar-refractivity contribution in [1.29, 1.82) is 0 Å². The molecule has 1 fully saturated rings. The van der Waals surface area contributed by atoms with Crippen LogP contribution in [0, 0.1) is 5.82 Å². The van der Waals surface area contributed by atoms with Crippen LogP contribution in [-0.4, -0.2) is 29.9 Å². The van der Waals surface area contributed by atoms with Crippen molar-refractivity contribution < 1.29 is 22.4 Å². The zero-order valence-electron chi connectivity index (χ0n) is 19.6. The number of aryl methyl sites for hydroxylation is 1. The fourth-order valence-corrected chi connectivity index (χ4v) is 5.98. The van der Waals surface area contributed by atoms with Gasteiger partial charge in [-0.05, 0) is 49.1 Å². The highest BCUT2D eigenvalue weighted by molar-refractivity contribution is 7.91. The van der Waals surface area contributed by atoms with E-state index in [1.807, 2.05) is 25.1 Å². The summed E-state index contributed by atoms with van der Waals surface area (Å²) in [5.74, 6) is -1.56. The van der Waals surface area contributed by atoms with E-state index in [4.69, 9.17) is 11.6 Å². The lowest BCUT2D eigenvalue weighted by atomic mass is 9.92. The van der Waals surface area contributed by atoms with Crippen LogP contribution < -0.4 is 4.72 Å². The van der Waals surface area contributed by atoms with E-state index in [2.05, 4.69) is 4.72 Å². The number of carbonyl (C=O) groups is 2. The van der Waals surface area contributed by atoms with Gasteiger partial charge in [0.2, 0.25) is 10.0 Å². The Bertz CT molecular complexity index is 1580. The molecule has 0 aliphatic heterocycles. The first kappa shape index (κ1) is 24.5. The fourth-order valence-electron chi connectivity index (χ4n) is 4.52. The van der Waals surface area contributed by atoms with Gasteiger partial charge in [0.15, 0.2) is 5.78 Å². The van der Waals surface area contributed by atoms with E-state index in [9.17, 15) is 22.4 Å². The summed E-state index contributed by atoms with van der Waals surface area (Å²) in [5.41, 5.74) is 2.38. The molecular formula is C27H24ClFN2O4S. The van der Waals surface area contributed by atoms with Gasteiger partial charge >= 0.3 is 0 Å². The summed E-state index contributed by atoms with van der Waals surface area (Å²) in [5, 5.41) is 0.336. The van der Waals surface area contributed by atoms with Crippen LogP contribution in [0.15, 0.2) is 59.6 Å². The maximum atomic E-state index is 14.7. The van der Waals surface area contributed by atoms with Gasteiger partial charge in [-0.2, -0.15) is 0 Å². The van der Waals surface area contributed by atoms with E-state index in [0.29, 0.717) is 46.3 Å². The molecule has 2 aliphatic carbocycles. The van der Waals surface area contributed by atoms with E-state index in [1.165, 1.54) is 12.1 Å². The van der Waals surface area contributed by atoms with Crippen molar-refractivity contribution in [3.05, 3.63) is 87.9 Å². The molecule has 0 radical (unpaired) electrons. The van der Waals surface area contributed by atoms with Gasteiger partial charge in [0, 0.05) is 39.1 Å². The van der Waals surface area contributed by atoms with Gasteiger partial charge in [-0.1, -0.05) is 48.9 Å². The number of benzene rings is 2. The first-order valence-electron chi connectivity index (χ1n) is 11.7. The van der Waals surface area contributed by atoms with Crippen LogP contribution in [0.25, 0.3) is 16.5 Å². The zero-order chi connectivity index (χ0) is 25.6. The van der Waals surface area contributed by atoms with E-state index >= 15 is 0 Å². The number of carbonyl (C=O) groups excluding carboxylic acids is 2. The number of allylic oxidation sites excluding steroid dienone is 4. The third-order valence-corrected chi connectivity index (χ3v) is 8.65. The largest absolute Gasteiger partial charge is 0.331 e. The van der Waals surface area contributed by atoms with E-state index in [0.717, 1.165) is 5.56 Å². The Morgan fingerprint density at radius 2 is 1.94 bits per heavy atom. The summed E-state index contributed by atoms with van der Waals surface area (Å²) in [7, 11) is -3.88. The smallest absolute Gasteiger partial charge is 0.282 e. The molecule has 0 atom stereocenters. The number of nitrogens with one attached hydrogen (secondary N) is 1. The molecule has 1 heterocycles. The highest BCUT2D eigenvalue weighted by Crippen LogP contribution is 2.37. The second-order valence-electron chi connectivity index (χ2n) is 9.06. The third-order valence-electron chi connectivity index (χ3n) is 6.57. The lowest BCUT2D eigenvalue weighted by molar-refractivity contribution is -0.113. The molecule has 9 heteroatoms. The molecule has 0 unspecified atom stereocenters. The van der Waals surface area contributed by atoms with Gasteiger partial charge in [0.25, 0.3) is 5.91 Å². The molecule has 5 rings (SSSR count). The Balaban J connectivity index is 1.80. The Hall–Kier alpha value is -3.23. The fraction of sp³-hybridized carbons (Fsp3) is 0.259. The Kier molecular flexibility index (Phi) is 6.34. The van der Waals surface area contributed by atoms with Crippen molar-refractivity contribution >= 4 is 49.8 Å². The van der Waals surface area contributed by atoms with Crippen molar-refractivity contribution in [2.24, 2.45) is 0 Å². The summed E-state index contributed by atoms with van der Waals surface area (Å²) in [6.45, 7) is 1.95. The summed E-state index contributed by atoms with van der Waals surface area (Å²) in [4.78, 5) is 26.7. The van der Waals surface area contributed by atoms with Crippen molar-refractivity contribution in [3.63, 3.8) is 0 Å². The summed E-state index contributed by atoms with van der Waals surface area (Å²) >= 11 is 6.26. The van der Waals surface area contributed by atoms with Gasteiger partial charge in [0.1, 0.15) is 11.5 Å². The first-order chi connectivity index (χ1) is 17.2. The molecule has 0 saturated heterocycles. The molecule has 2 aromatic carbocycles. The van der Waals surface area contributed by atoms with Crippen LogP contribution in [0.4, 0.5) is 4.39 Å². The first-order valence-corrected chi connectivity index (χ1v) is 13.7. The number of sulfonamides is 1. The van der Waals surface area contributed by atoms with Gasteiger partial charge < -0.3 is 4.57 Å². The van der Waals surface area contributed by atoms with E-state index in [1.54, 1.807) is 28.8 Å². The van der Waals surface area contributed by atoms with Gasteiger partial charge in [0.05, 0.1) is 11.8 Å². The Labute approximate surface area is 213 Å². The van der Waals surface area contributed by atoms with Crippen LogP contribution in [0.2, 0.25) is 0 Å². The van der Waals surface area contributed by atoms with Gasteiger partial charge in [-0.15, -0.1) is 0 Å². The summed E-state index contributed by atoms with van der Waals surface area (Å²) in [6.07, 6.45) is 4.81. The van der Waals surface area contributed by atoms with Crippen molar-refractivity contribution in [2.45, 2.75) is 44.4 Å². The molecular weight excluding hydrogens is 503 g/mol. The molecule has 3 aromatic rings. The number of Topliss-reactive ketones (excluding diaryl/α,β-unsaturated/α-hetero) is 1. The number of halogens is 2. The Morgan fingerprint density at radius 3 is 2.64 bits per heavy atom. The van der Waals surface area contributed by atoms with Gasteiger partial charge in [-0.3, -0.25) is 9.59 Å². The second-order valence-corrected chi connectivity index (χ2v) is 11.5. The molecule has 1 aromatic heterocycles. The third kappa shape index (κ3) is 4.51. The number of amides is 1. The highest BCUT2D eigenvalue weighted by atomic mass is 35.5. The maximum absolute atomic E-state index is 14.7. The van der Waals surface area contributed by atoms with Crippen LogP contribution in [0.1, 0.15) is 53.4 Å². The molecule has 36 heavy (non-hydrogen) atoms. The monoisotopic (exact) mass is 526 g/mol. The molecule has 0 spiro atoms. The van der Waals surface area contributed by atoms with Crippen LogP contribution in [0.3, 0.4) is 0 Å².